The minimum Gasteiger partial charge on any atom is -0.481 e. The normalized spacial score (nSPS) is 21.7. The summed E-state index contributed by atoms with van der Waals surface area (Å²) in [6.45, 7) is 3.77. The van der Waals surface area contributed by atoms with Crippen molar-refractivity contribution >= 4 is 18.0 Å². The fourth-order valence-corrected chi connectivity index (χ4v) is 5.13. The third kappa shape index (κ3) is 4.96. The number of esters is 1. The Morgan fingerprint density at radius 2 is 1.53 bits per heavy atom. The summed E-state index contributed by atoms with van der Waals surface area (Å²) >= 11 is 0. The van der Waals surface area contributed by atoms with Crippen LogP contribution in [0.2, 0.25) is 0 Å². The average molecular weight is 482 g/mol. The second-order valence-electron chi connectivity index (χ2n) is 9.00. The van der Waals surface area contributed by atoms with E-state index in [9.17, 15) is 14.7 Å². The monoisotopic (exact) mass is 481 g/mol. The molecule has 0 bridgehead atoms. The van der Waals surface area contributed by atoms with Gasteiger partial charge in [0.25, 0.3) is 0 Å². The van der Waals surface area contributed by atoms with Gasteiger partial charge in [0.1, 0.15) is 5.41 Å². The highest BCUT2D eigenvalue weighted by Gasteiger charge is 2.57. The van der Waals surface area contributed by atoms with Gasteiger partial charge in [-0.1, -0.05) is 103 Å². The Balaban J connectivity index is 1.98. The van der Waals surface area contributed by atoms with Gasteiger partial charge in [0.2, 0.25) is 0 Å². The standard InChI is InChI=1S/C31H31NO4/c1-3-36-29(33)27-22(2)32-28(25-17-11-6-12-18-25)31(30(34)35,21-24-15-9-5-10-16-24)26(27)20-19-23-13-7-4-8-14-23/h4-20,26,28,32H,3,21H2,1-2H3,(H,34,35). The van der Waals surface area contributed by atoms with Crippen molar-refractivity contribution in [1.29, 1.82) is 0 Å². The van der Waals surface area contributed by atoms with E-state index in [2.05, 4.69) is 5.32 Å². The summed E-state index contributed by atoms with van der Waals surface area (Å²) in [6, 6.07) is 28.3. The van der Waals surface area contributed by atoms with Crippen molar-refractivity contribution in [2.75, 3.05) is 6.61 Å². The maximum Gasteiger partial charge on any atom is 0.336 e. The third-order valence-electron chi connectivity index (χ3n) is 6.79. The SMILES string of the molecule is CCOC(=O)C1=C(C)NC(c2ccccc2)C(Cc2ccccc2)(C(=O)O)C1C=Cc1ccccc1. The van der Waals surface area contributed by atoms with Gasteiger partial charge in [0.05, 0.1) is 18.2 Å². The van der Waals surface area contributed by atoms with E-state index in [0.717, 1.165) is 16.7 Å². The number of carboxylic acids is 1. The first-order valence-electron chi connectivity index (χ1n) is 12.2. The van der Waals surface area contributed by atoms with Crippen molar-refractivity contribution in [3.63, 3.8) is 0 Å². The number of hydrogen-bond acceptors (Lipinski definition) is 4. The van der Waals surface area contributed by atoms with Crippen LogP contribution in [-0.2, 0) is 20.7 Å². The Bertz CT molecular complexity index is 1250. The molecule has 5 heteroatoms. The van der Waals surface area contributed by atoms with Crippen molar-refractivity contribution in [1.82, 2.24) is 5.32 Å². The minimum atomic E-state index is -1.41. The number of ether oxygens (including phenoxy) is 1. The highest BCUT2D eigenvalue weighted by Crippen LogP contribution is 2.51. The zero-order valence-electron chi connectivity index (χ0n) is 20.6. The van der Waals surface area contributed by atoms with Crippen molar-refractivity contribution < 1.29 is 19.4 Å². The van der Waals surface area contributed by atoms with Gasteiger partial charge in [-0.05, 0) is 37.0 Å². The highest BCUT2D eigenvalue weighted by molar-refractivity contribution is 5.93. The third-order valence-corrected chi connectivity index (χ3v) is 6.79. The molecule has 184 valence electrons. The van der Waals surface area contributed by atoms with Crippen LogP contribution in [0.1, 0.15) is 36.6 Å². The maximum absolute atomic E-state index is 13.5. The zero-order valence-corrected chi connectivity index (χ0v) is 20.6. The van der Waals surface area contributed by atoms with Crippen LogP contribution in [0.15, 0.2) is 108 Å². The van der Waals surface area contributed by atoms with E-state index in [1.165, 1.54) is 0 Å². The Morgan fingerprint density at radius 3 is 2.11 bits per heavy atom. The van der Waals surface area contributed by atoms with Crippen molar-refractivity contribution in [3.05, 3.63) is 125 Å². The van der Waals surface area contributed by atoms with Gasteiger partial charge in [0.15, 0.2) is 0 Å². The number of allylic oxidation sites excluding steroid dienone is 2. The molecule has 0 spiro atoms. The molecule has 0 saturated heterocycles. The first-order valence-corrected chi connectivity index (χ1v) is 12.2. The van der Waals surface area contributed by atoms with Crippen LogP contribution in [0, 0.1) is 11.3 Å². The molecular formula is C31H31NO4. The van der Waals surface area contributed by atoms with Crippen LogP contribution in [0.3, 0.4) is 0 Å². The molecule has 0 radical (unpaired) electrons. The fourth-order valence-electron chi connectivity index (χ4n) is 5.13. The first kappa shape index (κ1) is 25.0. The molecule has 5 nitrogen and oxygen atoms in total. The molecular weight excluding hydrogens is 450 g/mol. The van der Waals surface area contributed by atoms with Crippen LogP contribution in [0.5, 0.6) is 0 Å². The highest BCUT2D eigenvalue weighted by atomic mass is 16.5. The molecule has 3 atom stereocenters. The molecule has 3 unspecified atom stereocenters. The van der Waals surface area contributed by atoms with Gasteiger partial charge in [0, 0.05) is 11.6 Å². The van der Waals surface area contributed by atoms with Gasteiger partial charge in [-0.3, -0.25) is 4.79 Å². The Hall–Kier alpha value is -4.12. The summed E-state index contributed by atoms with van der Waals surface area (Å²) < 4.78 is 5.43. The molecule has 0 aliphatic carbocycles. The smallest absolute Gasteiger partial charge is 0.336 e. The van der Waals surface area contributed by atoms with Crippen molar-refractivity contribution in [3.8, 4) is 0 Å². The molecule has 1 heterocycles. The van der Waals surface area contributed by atoms with E-state index in [1.54, 1.807) is 6.92 Å². The summed E-state index contributed by atoms with van der Waals surface area (Å²) in [7, 11) is 0. The number of benzene rings is 3. The molecule has 0 amide bonds. The second kappa shape index (κ2) is 11.1. The van der Waals surface area contributed by atoms with E-state index in [1.807, 2.05) is 110 Å². The van der Waals surface area contributed by atoms with Gasteiger partial charge < -0.3 is 15.2 Å². The predicted molar refractivity (Wildman–Crippen MR) is 141 cm³/mol. The molecule has 2 N–H and O–H groups in total. The largest absolute Gasteiger partial charge is 0.481 e. The molecule has 0 saturated carbocycles. The van der Waals surface area contributed by atoms with E-state index in [4.69, 9.17) is 4.74 Å². The van der Waals surface area contributed by atoms with Crippen LogP contribution in [0.25, 0.3) is 6.08 Å². The lowest BCUT2D eigenvalue weighted by molar-refractivity contribution is -0.155. The summed E-state index contributed by atoms with van der Waals surface area (Å²) in [5.41, 5.74) is 2.20. The topological polar surface area (TPSA) is 75.6 Å². The zero-order chi connectivity index (χ0) is 25.5. The van der Waals surface area contributed by atoms with Crippen LogP contribution in [-0.4, -0.2) is 23.7 Å². The lowest BCUT2D eigenvalue weighted by atomic mass is 9.60. The van der Waals surface area contributed by atoms with E-state index < -0.39 is 29.3 Å². The number of hydrogen-bond donors (Lipinski definition) is 2. The molecule has 1 aliphatic heterocycles. The average Bonchev–Trinajstić information content (AvgIpc) is 2.90. The molecule has 4 rings (SSSR count). The number of carbonyl (C=O) groups is 2. The van der Waals surface area contributed by atoms with E-state index in [0.29, 0.717) is 11.3 Å². The molecule has 3 aromatic carbocycles. The summed E-state index contributed by atoms with van der Waals surface area (Å²) in [5, 5.41) is 14.4. The number of carbonyl (C=O) groups excluding carboxylic acids is 1. The van der Waals surface area contributed by atoms with Gasteiger partial charge >= 0.3 is 11.9 Å². The number of nitrogens with one attached hydrogen (secondary N) is 1. The lowest BCUT2D eigenvalue weighted by Crippen LogP contribution is -2.54. The van der Waals surface area contributed by atoms with Crippen LogP contribution in [0.4, 0.5) is 0 Å². The van der Waals surface area contributed by atoms with Gasteiger partial charge in [-0.25, -0.2) is 4.79 Å². The molecule has 3 aromatic rings. The van der Waals surface area contributed by atoms with Crippen molar-refractivity contribution in [2.24, 2.45) is 11.3 Å². The molecule has 1 aliphatic rings. The molecule has 0 fully saturated rings. The lowest BCUT2D eigenvalue weighted by Gasteiger charge is -2.47. The Kier molecular flexibility index (Phi) is 7.69. The summed E-state index contributed by atoms with van der Waals surface area (Å²) in [6.07, 6.45) is 3.97. The second-order valence-corrected chi connectivity index (χ2v) is 9.00. The van der Waals surface area contributed by atoms with Gasteiger partial charge in [-0.15, -0.1) is 0 Å². The predicted octanol–water partition coefficient (Wildman–Crippen LogP) is 5.81. The van der Waals surface area contributed by atoms with E-state index in [-0.39, 0.29) is 13.0 Å². The Labute approximate surface area is 212 Å². The van der Waals surface area contributed by atoms with Crippen molar-refractivity contribution in [2.45, 2.75) is 26.3 Å². The molecule has 0 aromatic heterocycles. The van der Waals surface area contributed by atoms with Crippen LogP contribution >= 0.6 is 0 Å². The number of rotatable bonds is 8. The summed E-state index contributed by atoms with van der Waals surface area (Å²) in [4.78, 5) is 26.8. The molecule has 36 heavy (non-hydrogen) atoms. The maximum atomic E-state index is 13.5. The number of aliphatic carboxylic acids is 1. The number of carboxylic acid groups (broad SMARTS) is 1. The minimum absolute atomic E-state index is 0.200. The summed E-state index contributed by atoms with van der Waals surface area (Å²) in [5.74, 6) is -2.24. The quantitative estimate of drug-likeness (QED) is 0.397. The van der Waals surface area contributed by atoms with E-state index >= 15 is 0 Å². The van der Waals surface area contributed by atoms with Gasteiger partial charge in [-0.2, -0.15) is 0 Å². The van der Waals surface area contributed by atoms with Crippen LogP contribution < -0.4 is 5.32 Å². The Morgan fingerprint density at radius 1 is 0.944 bits per heavy atom. The first-order chi connectivity index (χ1) is 17.5. The fraction of sp³-hybridized carbons (Fsp3) is 0.226.